The van der Waals surface area contributed by atoms with Gasteiger partial charge in [-0.05, 0) is 25.0 Å². The van der Waals surface area contributed by atoms with Crippen molar-refractivity contribution in [3.63, 3.8) is 0 Å². The molecule has 0 saturated carbocycles. The maximum atomic E-state index is 12.1. The molecule has 0 aliphatic rings. The lowest BCUT2D eigenvalue weighted by atomic mass is 10.2. The normalized spacial score (nSPS) is 13.1. The number of ether oxygens (including phenoxy) is 2. The highest BCUT2D eigenvalue weighted by molar-refractivity contribution is 5.91. The van der Waals surface area contributed by atoms with Crippen LogP contribution in [0, 0.1) is 0 Å². The van der Waals surface area contributed by atoms with Crippen molar-refractivity contribution >= 4 is 23.9 Å². The van der Waals surface area contributed by atoms with Crippen molar-refractivity contribution in [1.82, 2.24) is 16.0 Å². The summed E-state index contributed by atoms with van der Waals surface area (Å²) in [6.45, 7) is 2.78. The van der Waals surface area contributed by atoms with Crippen molar-refractivity contribution < 1.29 is 33.8 Å². The van der Waals surface area contributed by atoms with E-state index in [1.807, 2.05) is 17.4 Å². The van der Waals surface area contributed by atoms with Gasteiger partial charge in [0.25, 0.3) is 5.91 Å². The van der Waals surface area contributed by atoms with Crippen LogP contribution in [0.15, 0.2) is 60.7 Å². The van der Waals surface area contributed by atoms with Gasteiger partial charge < -0.3 is 30.5 Å². The van der Waals surface area contributed by atoms with E-state index in [0.717, 1.165) is 11.1 Å². The highest BCUT2D eigenvalue weighted by Crippen LogP contribution is 2.03. The van der Waals surface area contributed by atoms with Crippen LogP contribution in [-0.4, -0.2) is 47.3 Å². The van der Waals surface area contributed by atoms with Gasteiger partial charge in [0.2, 0.25) is 12.1 Å². The Kier molecular flexibility index (Phi) is 9.84. The molecule has 0 spiro atoms. The number of carbonyl (C=O) groups is 4. The van der Waals surface area contributed by atoms with E-state index in [9.17, 15) is 24.3 Å². The number of aliphatic hydroxyl groups is 1. The van der Waals surface area contributed by atoms with Gasteiger partial charge in [-0.1, -0.05) is 60.7 Å². The van der Waals surface area contributed by atoms with Crippen LogP contribution in [0.5, 0.6) is 0 Å². The van der Waals surface area contributed by atoms with E-state index in [1.165, 1.54) is 13.8 Å². The second-order valence-corrected chi connectivity index (χ2v) is 7.16. The first-order valence-electron chi connectivity index (χ1n) is 10.2. The van der Waals surface area contributed by atoms with E-state index in [4.69, 9.17) is 9.47 Å². The maximum Gasteiger partial charge on any atom is 0.408 e. The van der Waals surface area contributed by atoms with Crippen LogP contribution in [0.2, 0.25) is 0 Å². The van der Waals surface area contributed by atoms with Crippen LogP contribution in [0.3, 0.4) is 0 Å². The van der Waals surface area contributed by atoms with Crippen molar-refractivity contribution in [2.75, 3.05) is 0 Å². The van der Waals surface area contributed by atoms with Crippen molar-refractivity contribution in [3.8, 4) is 0 Å². The predicted molar refractivity (Wildman–Crippen MR) is 117 cm³/mol. The number of carbonyl (C=O) groups excluding carboxylic acids is 4. The second-order valence-electron chi connectivity index (χ2n) is 7.16. The van der Waals surface area contributed by atoms with Crippen LogP contribution < -0.4 is 16.0 Å². The SMILES string of the molecule is C[C@H](NC(=O)OCc1ccccc1)C(=O)NC(O)C(=O)N[C@@H](C)C(=O)OCc1ccccc1. The van der Waals surface area contributed by atoms with E-state index >= 15 is 0 Å². The second kappa shape index (κ2) is 12.8. The summed E-state index contributed by atoms with van der Waals surface area (Å²) < 4.78 is 10.1. The first-order valence-corrected chi connectivity index (χ1v) is 10.2. The standard InChI is InChI=1S/C23H27N3O7/c1-15(25-23(31)33-14-18-11-7-4-8-12-18)19(27)26-21(29)20(28)24-16(2)22(30)32-13-17-9-5-3-6-10-17/h3-12,15-16,21,29H,13-14H2,1-2H3,(H,24,28)(H,25,31)(H,26,27)/t15-,16-,21?/m0/s1. The summed E-state index contributed by atoms with van der Waals surface area (Å²) in [5.41, 5.74) is 1.55. The first kappa shape index (κ1) is 25.3. The molecule has 2 rings (SSSR count). The van der Waals surface area contributed by atoms with Crippen LogP contribution in [0.1, 0.15) is 25.0 Å². The van der Waals surface area contributed by atoms with Crippen LogP contribution in [0.4, 0.5) is 4.79 Å². The molecule has 3 amide bonds. The lowest BCUT2D eigenvalue weighted by molar-refractivity contribution is -0.150. The summed E-state index contributed by atoms with van der Waals surface area (Å²) in [4.78, 5) is 48.1. The van der Waals surface area contributed by atoms with Crippen LogP contribution in [0.25, 0.3) is 0 Å². The van der Waals surface area contributed by atoms with Crippen molar-refractivity contribution in [2.45, 2.75) is 45.4 Å². The molecule has 10 heteroatoms. The maximum absolute atomic E-state index is 12.1. The van der Waals surface area contributed by atoms with Gasteiger partial charge in [0.05, 0.1) is 0 Å². The summed E-state index contributed by atoms with van der Waals surface area (Å²) in [6.07, 6.45) is -2.78. The van der Waals surface area contributed by atoms with Crippen LogP contribution in [-0.2, 0) is 37.1 Å². The first-order chi connectivity index (χ1) is 15.8. The number of benzene rings is 2. The van der Waals surface area contributed by atoms with Crippen LogP contribution >= 0.6 is 0 Å². The minimum atomic E-state index is -1.94. The van der Waals surface area contributed by atoms with Gasteiger partial charge in [-0.2, -0.15) is 0 Å². The van der Waals surface area contributed by atoms with E-state index in [-0.39, 0.29) is 13.2 Å². The quantitative estimate of drug-likeness (QED) is 0.308. The Bertz CT molecular complexity index is 938. The molecule has 0 aromatic heterocycles. The molecule has 0 fully saturated rings. The lowest BCUT2D eigenvalue weighted by Crippen LogP contribution is -2.54. The summed E-state index contributed by atoms with van der Waals surface area (Å²) in [5.74, 6) is -2.54. The van der Waals surface area contributed by atoms with E-state index < -0.39 is 42.2 Å². The lowest BCUT2D eigenvalue weighted by Gasteiger charge is -2.19. The van der Waals surface area contributed by atoms with Gasteiger partial charge in [-0.25, -0.2) is 9.59 Å². The Morgan fingerprint density at radius 3 is 1.79 bits per heavy atom. The number of esters is 1. The molecule has 1 unspecified atom stereocenters. The van der Waals surface area contributed by atoms with Crippen molar-refractivity contribution in [1.29, 1.82) is 0 Å². The van der Waals surface area contributed by atoms with Gasteiger partial charge in [-0.15, -0.1) is 0 Å². The fourth-order valence-corrected chi connectivity index (χ4v) is 2.54. The third-order valence-electron chi connectivity index (χ3n) is 4.40. The molecule has 0 aliphatic carbocycles. The molecule has 33 heavy (non-hydrogen) atoms. The molecular formula is C23H27N3O7. The molecule has 3 atom stereocenters. The third-order valence-corrected chi connectivity index (χ3v) is 4.40. The minimum absolute atomic E-state index is 0.0182. The molecule has 4 N–H and O–H groups in total. The molecule has 0 radical (unpaired) electrons. The predicted octanol–water partition coefficient (Wildman–Crippen LogP) is 0.984. The van der Waals surface area contributed by atoms with E-state index in [1.54, 1.807) is 48.5 Å². The molecule has 0 heterocycles. The number of rotatable bonds is 10. The fraction of sp³-hybridized carbons (Fsp3) is 0.304. The Labute approximate surface area is 191 Å². The van der Waals surface area contributed by atoms with Gasteiger partial charge >= 0.3 is 12.1 Å². The Morgan fingerprint density at radius 1 is 0.727 bits per heavy atom. The largest absolute Gasteiger partial charge is 0.459 e. The van der Waals surface area contributed by atoms with Crippen molar-refractivity contribution in [2.24, 2.45) is 0 Å². The molecular weight excluding hydrogens is 430 g/mol. The van der Waals surface area contributed by atoms with Gasteiger partial charge in [-0.3, -0.25) is 9.59 Å². The minimum Gasteiger partial charge on any atom is -0.459 e. The zero-order chi connectivity index (χ0) is 24.2. The number of aliphatic hydroxyl groups excluding tert-OH is 1. The average molecular weight is 457 g/mol. The van der Waals surface area contributed by atoms with E-state index in [2.05, 4.69) is 10.6 Å². The molecule has 0 aliphatic heterocycles. The number of hydrogen-bond acceptors (Lipinski definition) is 7. The zero-order valence-corrected chi connectivity index (χ0v) is 18.3. The summed E-state index contributed by atoms with van der Waals surface area (Å²) in [5, 5.41) is 16.5. The van der Waals surface area contributed by atoms with Gasteiger partial charge in [0.15, 0.2) is 0 Å². The third kappa shape index (κ3) is 8.99. The highest BCUT2D eigenvalue weighted by Gasteiger charge is 2.25. The molecule has 2 aromatic carbocycles. The molecule has 176 valence electrons. The smallest absolute Gasteiger partial charge is 0.408 e. The zero-order valence-electron chi connectivity index (χ0n) is 18.3. The fourth-order valence-electron chi connectivity index (χ4n) is 2.54. The average Bonchev–Trinajstić information content (AvgIpc) is 2.82. The summed E-state index contributed by atoms with van der Waals surface area (Å²) in [6, 6.07) is 15.8. The highest BCUT2D eigenvalue weighted by atomic mass is 16.5. The van der Waals surface area contributed by atoms with Crippen molar-refractivity contribution in [3.05, 3.63) is 71.8 Å². The number of nitrogens with one attached hydrogen (secondary N) is 3. The van der Waals surface area contributed by atoms with Gasteiger partial charge in [0.1, 0.15) is 25.3 Å². The summed E-state index contributed by atoms with van der Waals surface area (Å²) in [7, 11) is 0. The molecule has 2 aromatic rings. The van der Waals surface area contributed by atoms with Gasteiger partial charge in [0, 0.05) is 0 Å². The Balaban J connectivity index is 1.71. The number of amides is 3. The number of alkyl carbamates (subject to hydrolysis) is 1. The van der Waals surface area contributed by atoms with E-state index in [0.29, 0.717) is 0 Å². The topological polar surface area (TPSA) is 143 Å². The Morgan fingerprint density at radius 2 is 1.24 bits per heavy atom. The monoisotopic (exact) mass is 457 g/mol. The molecule has 10 nitrogen and oxygen atoms in total. The molecule has 0 bridgehead atoms. The molecule has 0 saturated heterocycles. The summed E-state index contributed by atoms with van der Waals surface area (Å²) >= 11 is 0. The number of hydrogen-bond donors (Lipinski definition) is 4. The Hall–Kier alpha value is -3.92.